The van der Waals surface area contributed by atoms with Gasteiger partial charge in [-0.2, -0.15) is 5.10 Å². The summed E-state index contributed by atoms with van der Waals surface area (Å²) in [7, 11) is 0. The lowest BCUT2D eigenvalue weighted by Gasteiger charge is -2.12. The molecule has 2 aromatic rings. The molecule has 1 heterocycles. The molecule has 96 valence electrons. The van der Waals surface area contributed by atoms with E-state index < -0.39 is 6.10 Å². The number of aliphatic hydroxyl groups is 1. The summed E-state index contributed by atoms with van der Waals surface area (Å²) in [6, 6.07) is 10.1. The third kappa shape index (κ3) is 2.94. The van der Waals surface area contributed by atoms with Crippen molar-refractivity contribution < 1.29 is 5.11 Å². The summed E-state index contributed by atoms with van der Waals surface area (Å²) in [5, 5.41) is 14.4. The molecular weight excluding hydrogens is 244 g/mol. The van der Waals surface area contributed by atoms with Crippen molar-refractivity contribution in [1.82, 2.24) is 9.78 Å². The topological polar surface area (TPSA) is 38.0 Å². The Bertz CT molecular complexity index is 510. The predicted molar refractivity (Wildman–Crippen MR) is 74.8 cm³/mol. The van der Waals surface area contributed by atoms with E-state index in [0.29, 0.717) is 5.75 Å². The maximum atomic E-state index is 10.2. The molecule has 2 rings (SSSR count). The number of aromatic nitrogens is 2. The van der Waals surface area contributed by atoms with Gasteiger partial charge in [-0.05, 0) is 31.5 Å². The van der Waals surface area contributed by atoms with Gasteiger partial charge in [-0.15, -0.1) is 11.8 Å². The van der Waals surface area contributed by atoms with Gasteiger partial charge in [-0.25, -0.2) is 0 Å². The number of rotatable bonds is 5. The largest absolute Gasteiger partial charge is 0.386 e. The minimum atomic E-state index is -0.475. The van der Waals surface area contributed by atoms with E-state index in [-0.39, 0.29) is 0 Å². The van der Waals surface area contributed by atoms with Crippen molar-refractivity contribution in [3.05, 3.63) is 47.8 Å². The van der Waals surface area contributed by atoms with Crippen molar-refractivity contribution in [2.45, 2.75) is 31.4 Å². The van der Waals surface area contributed by atoms with Gasteiger partial charge in [0, 0.05) is 23.4 Å². The number of thioether (sulfide) groups is 1. The minimum absolute atomic E-state index is 0.475. The highest BCUT2D eigenvalue weighted by molar-refractivity contribution is 7.99. The van der Waals surface area contributed by atoms with Crippen LogP contribution in [0.1, 0.15) is 24.3 Å². The molecule has 0 amide bonds. The Kier molecular flexibility index (Phi) is 4.44. The van der Waals surface area contributed by atoms with Crippen molar-refractivity contribution in [2.24, 2.45) is 0 Å². The van der Waals surface area contributed by atoms with E-state index in [2.05, 4.69) is 24.2 Å². The normalized spacial score (nSPS) is 12.6. The molecule has 0 aliphatic carbocycles. The van der Waals surface area contributed by atoms with Crippen LogP contribution >= 0.6 is 11.8 Å². The van der Waals surface area contributed by atoms with Gasteiger partial charge in [-0.3, -0.25) is 4.68 Å². The highest BCUT2D eigenvalue weighted by Gasteiger charge is 2.13. The molecule has 0 radical (unpaired) electrons. The summed E-state index contributed by atoms with van der Waals surface area (Å²) in [6.45, 7) is 4.90. The molecule has 0 spiro atoms. The molecule has 1 atom stereocenters. The number of aryl methyl sites for hydroxylation is 2. The first-order chi connectivity index (χ1) is 8.72. The monoisotopic (exact) mass is 262 g/mol. The molecule has 1 N–H and O–H groups in total. The van der Waals surface area contributed by atoms with E-state index in [1.54, 1.807) is 18.0 Å². The van der Waals surface area contributed by atoms with Crippen LogP contribution in [0.3, 0.4) is 0 Å². The lowest BCUT2D eigenvalue weighted by atomic mass is 10.2. The van der Waals surface area contributed by atoms with E-state index in [9.17, 15) is 5.11 Å². The second-order valence-corrected chi connectivity index (χ2v) is 5.23. The van der Waals surface area contributed by atoms with Gasteiger partial charge < -0.3 is 5.11 Å². The van der Waals surface area contributed by atoms with Crippen LogP contribution < -0.4 is 0 Å². The van der Waals surface area contributed by atoms with E-state index in [4.69, 9.17) is 0 Å². The van der Waals surface area contributed by atoms with Crippen LogP contribution in [0.15, 0.2) is 41.4 Å². The van der Waals surface area contributed by atoms with E-state index >= 15 is 0 Å². The van der Waals surface area contributed by atoms with E-state index in [1.165, 1.54) is 10.5 Å². The third-order valence-electron chi connectivity index (χ3n) is 2.88. The Hall–Kier alpha value is -1.26. The molecule has 1 aromatic carbocycles. The number of benzene rings is 1. The maximum Gasteiger partial charge on any atom is 0.105 e. The van der Waals surface area contributed by atoms with Crippen molar-refractivity contribution in [2.75, 3.05) is 5.75 Å². The van der Waals surface area contributed by atoms with Crippen LogP contribution in [0.5, 0.6) is 0 Å². The zero-order chi connectivity index (χ0) is 13.0. The molecule has 0 saturated carbocycles. The maximum absolute atomic E-state index is 10.2. The van der Waals surface area contributed by atoms with E-state index in [0.717, 1.165) is 12.2 Å². The van der Waals surface area contributed by atoms with Gasteiger partial charge in [0.25, 0.3) is 0 Å². The van der Waals surface area contributed by atoms with Crippen molar-refractivity contribution >= 4 is 11.8 Å². The molecule has 0 bridgehead atoms. The summed E-state index contributed by atoms with van der Waals surface area (Å²) in [4.78, 5) is 1.22. The zero-order valence-electron chi connectivity index (χ0n) is 10.7. The van der Waals surface area contributed by atoms with E-state index in [1.807, 2.05) is 29.8 Å². The fraction of sp³-hybridized carbons (Fsp3) is 0.357. The molecule has 0 aliphatic heterocycles. The average Bonchev–Trinajstić information content (AvgIpc) is 2.86. The zero-order valence-corrected chi connectivity index (χ0v) is 11.5. The quantitative estimate of drug-likeness (QED) is 0.842. The van der Waals surface area contributed by atoms with Crippen LogP contribution in [0.2, 0.25) is 0 Å². The standard InChI is InChI=1S/C14H18N2OS/c1-3-16-12(8-9-15-16)13(17)10-18-14-7-5-4-6-11(14)2/h4-9,13,17H,3,10H2,1-2H3. The van der Waals surface area contributed by atoms with Crippen LogP contribution in [0, 0.1) is 6.92 Å². The first-order valence-corrected chi connectivity index (χ1v) is 7.09. The van der Waals surface area contributed by atoms with Gasteiger partial charge in [0.05, 0.1) is 5.69 Å². The minimum Gasteiger partial charge on any atom is -0.386 e. The second kappa shape index (κ2) is 6.07. The van der Waals surface area contributed by atoms with Crippen LogP contribution in [-0.4, -0.2) is 20.6 Å². The molecule has 18 heavy (non-hydrogen) atoms. The lowest BCUT2D eigenvalue weighted by molar-refractivity contribution is 0.192. The van der Waals surface area contributed by atoms with Gasteiger partial charge in [0.1, 0.15) is 6.10 Å². The highest BCUT2D eigenvalue weighted by Crippen LogP contribution is 2.26. The molecule has 1 unspecified atom stereocenters. The van der Waals surface area contributed by atoms with Gasteiger partial charge in [-0.1, -0.05) is 18.2 Å². The number of hydrogen-bond acceptors (Lipinski definition) is 3. The van der Waals surface area contributed by atoms with Crippen LogP contribution in [-0.2, 0) is 6.54 Å². The van der Waals surface area contributed by atoms with Gasteiger partial charge in [0.15, 0.2) is 0 Å². The van der Waals surface area contributed by atoms with Gasteiger partial charge in [0.2, 0.25) is 0 Å². The Morgan fingerprint density at radius 3 is 2.83 bits per heavy atom. The summed E-state index contributed by atoms with van der Waals surface area (Å²) in [5.74, 6) is 0.649. The van der Waals surface area contributed by atoms with Crippen molar-refractivity contribution in [1.29, 1.82) is 0 Å². The Morgan fingerprint density at radius 2 is 2.11 bits per heavy atom. The summed E-state index contributed by atoms with van der Waals surface area (Å²) in [6.07, 6.45) is 1.26. The highest BCUT2D eigenvalue weighted by atomic mass is 32.2. The van der Waals surface area contributed by atoms with Crippen LogP contribution in [0.4, 0.5) is 0 Å². The summed E-state index contributed by atoms with van der Waals surface area (Å²) >= 11 is 1.68. The molecule has 0 fully saturated rings. The second-order valence-electron chi connectivity index (χ2n) is 4.16. The van der Waals surface area contributed by atoms with Gasteiger partial charge >= 0.3 is 0 Å². The predicted octanol–water partition coefficient (Wildman–Crippen LogP) is 3.04. The first-order valence-electron chi connectivity index (χ1n) is 6.10. The number of nitrogens with zero attached hydrogens (tertiary/aromatic N) is 2. The molecule has 4 heteroatoms. The SMILES string of the molecule is CCn1nccc1C(O)CSc1ccccc1C. The Balaban J connectivity index is 2.01. The fourth-order valence-corrected chi connectivity index (χ4v) is 2.84. The molecular formula is C14H18N2OS. The molecule has 0 saturated heterocycles. The lowest BCUT2D eigenvalue weighted by Crippen LogP contribution is -2.09. The third-order valence-corrected chi connectivity index (χ3v) is 4.13. The summed E-state index contributed by atoms with van der Waals surface area (Å²) < 4.78 is 1.84. The van der Waals surface area contributed by atoms with Crippen molar-refractivity contribution in [3.8, 4) is 0 Å². The van der Waals surface area contributed by atoms with Crippen molar-refractivity contribution in [3.63, 3.8) is 0 Å². The summed E-state index contributed by atoms with van der Waals surface area (Å²) in [5.41, 5.74) is 2.14. The van der Waals surface area contributed by atoms with Crippen LogP contribution in [0.25, 0.3) is 0 Å². The number of aliphatic hydroxyl groups excluding tert-OH is 1. The molecule has 0 aliphatic rings. The molecule has 1 aromatic heterocycles. The number of hydrogen-bond donors (Lipinski definition) is 1. The molecule has 3 nitrogen and oxygen atoms in total. The first kappa shape index (κ1) is 13.2. The Morgan fingerprint density at radius 1 is 1.33 bits per heavy atom. The fourth-order valence-electron chi connectivity index (χ4n) is 1.86. The smallest absolute Gasteiger partial charge is 0.105 e. The Labute approximate surface area is 112 Å². The average molecular weight is 262 g/mol.